The first-order valence-electron chi connectivity index (χ1n) is 12.1. The molecule has 2 atom stereocenters. The van der Waals surface area contributed by atoms with Gasteiger partial charge >= 0.3 is 0 Å². The molecule has 0 bridgehead atoms. The number of benzene rings is 2. The summed E-state index contributed by atoms with van der Waals surface area (Å²) in [5, 5.41) is 4.01. The van der Waals surface area contributed by atoms with Crippen LogP contribution in [-0.4, -0.2) is 57.1 Å². The zero-order valence-electron chi connectivity index (χ0n) is 22.1. The molecule has 0 heterocycles. The molecule has 0 aromatic heterocycles. The van der Waals surface area contributed by atoms with Crippen molar-refractivity contribution in [1.82, 2.24) is 10.2 Å². The van der Waals surface area contributed by atoms with Crippen LogP contribution in [0, 0.1) is 0 Å². The van der Waals surface area contributed by atoms with Crippen molar-refractivity contribution in [3.05, 3.63) is 57.0 Å². The Labute approximate surface area is 240 Å². The Bertz CT molecular complexity index is 1240. The second-order valence-electron chi connectivity index (χ2n) is 9.01. The molecule has 2 unspecified atom stereocenters. The van der Waals surface area contributed by atoms with Crippen molar-refractivity contribution in [3.8, 4) is 5.75 Å². The molecular weight excluding hydrogens is 573 g/mol. The van der Waals surface area contributed by atoms with Gasteiger partial charge in [-0.2, -0.15) is 0 Å². The molecule has 210 valence electrons. The van der Waals surface area contributed by atoms with E-state index in [1.165, 1.54) is 22.4 Å². The van der Waals surface area contributed by atoms with Crippen LogP contribution in [0.15, 0.2) is 36.4 Å². The predicted octanol–water partition coefficient (Wildman–Crippen LogP) is 5.53. The molecule has 2 aromatic carbocycles. The molecule has 8 nitrogen and oxygen atoms in total. The van der Waals surface area contributed by atoms with Crippen LogP contribution in [0.3, 0.4) is 0 Å². The average Bonchev–Trinajstić information content (AvgIpc) is 2.84. The first-order valence-corrected chi connectivity index (χ1v) is 15.1. The number of carbonyl (C=O) groups is 2. The van der Waals surface area contributed by atoms with E-state index in [1.807, 2.05) is 13.8 Å². The molecule has 0 fully saturated rings. The standard InChI is InChI=1S/C26H34Cl3N3O5S/c1-6-17(2)30-26(34)18(3)31(16-19-9-10-20(27)14-22(19)28)25(33)8-7-13-32(38(5,35)36)21-11-12-24(37-4)23(29)15-21/h9-12,14-15,17-18H,6-8,13,16H2,1-5H3,(H,30,34). The Balaban J connectivity index is 2.23. The minimum absolute atomic E-state index is 0.00205. The van der Waals surface area contributed by atoms with Crippen LogP contribution in [0.2, 0.25) is 15.1 Å². The van der Waals surface area contributed by atoms with Gasteiger partial charge in [-0.1, -0.05) is 47.8 Å². The smallest absolute Gasteiger partial charge is 0.242 e. The maximum Gasteiger partial charge on any atom is 0.242 e. The van der Waals surface area contributed by atoms with E-state index in [0.29, 0.717) is 27.0 Å². The van der Waals surface area contributed by atoms with Gasteiger partial charge in [0, 0.05) is 35.6 Å². The Morgan fingerprint density at radius 3 is 2.29 bits per heavy atom. The predicted molar refractivity (Wildman–Crippen MR) is 154 cm³/mol. The topological polar surface area (TPSA) is 96.0 Å². The van der Waals surface area contributed by atoms with Gasteiger partial charge in [0.15, 0.2) is 0 Å². The molecule has 12 heteroatoms. The van der Waals surface area contributed by atoms with Gasteiger partial charge in [0.1, 0.15) is 11.8 Å². The van der Waals surface area contributed by atoms with Crippen LogP contribution in [0.5, 0.6) is 5.75 Å². The maximum absolute atomic E-state index is 13.4. The lowest BCUT2D eigenvalue weighted by molar-refractivity contribution is -0.140. The Morgan fingerprint density at radius 2 is 1.74 bits per heavy atom. The summed E-state index contributed by atoms with van der Waals surface area (Å²) in [7, 11) is -2.20. The highest BCUT2D eigenvalue weighted by Crippen LogP contribution is 2.30. The maximum atomic E-state index is 13.4. The quantitative estimate of drug-likeness (QED) is 0.323. The van der Waals surface area contributed by atoms with Gasteiger partial charge in [-0.05, 0) is 62.6 Å². The van der Waals surface area contributed by atoms with Crippen molar-refractivity contribution in [1.29, 1.82) is 0 Å². The summed E-state index contributed by atoms with van der Waals surface area (Å²) in [6.45, 7) is 5.62. The summed E-state index contributed by atoms with van der Waals surface area (Å²) in [6, 6.07) is 8.78. The summed E-state index contributed by atoms with van der Waals surface area (Å²) >= 11 is 18.6. The van der Waals surface area contributed by atoms with Gasteiger partial charge in [0.05, 0.1) is 24.1 Å². The van der Waals surface area contributed by atoms with Crippen LogP contribution >= 0.6 is 34.8 Å². The third-order valence-corrected chi connectivity index (χ3v) is 8.18. The number of amides is 2. The van der Waals surface area contributed by atoms with Gasteiger partial charge in [-0.3, -0.25) is 13.9 Å². The summed E-state index contributed by atoms with van der Waals surface area (Å²) in [5.41, 5.74) is 0.995. The van der Waals surface area contributed by atoms with E-state index in [0.717, 1.165) is 12.7 Å². The van der Waals surface area contributed by atoms with Gasteiger partial charge in [0.2, 0.25) is 21.8 Å². The van der Waals surface area contributed by atoms with Crippen LogP contribution in [0.4, 0.5) is 5.69 Å². The van der Waals surface area contributed by atoms with Crippen molar-refractivity contribution >= 4 is 62.3 Å². The lowest BCUT2D eigenvalue weighted by atomic mass is 10.1. The van der Waals surface area contributed by atoms with E-state index in [4.69, 9.17) is 39.5 Å². The average molecular weight is 607 g/mol. The molecule has 0 aliphatic carbocycles. The van der Waals surface area contributed by atoms with Gasteiger partial charge in [-0.25, -0.2) is 8.42 Å². The van der Waals surface area contributed by atoms with Crippen LogP contribution in [0.1, 0.15) is 45.6 Å². The van der Waals surface area contributed by atoms with Crippen LogP contribution in [0.25, 0.3) is 0 Å². The Morgan fingerprint density at radius 1 is 1.05 bits per heavy atom. The van der Waals surface area contributed by atoms with E-state index in [-0.39, 0.29) is 48.8 Å². The van der Waals surface area contributed by atoms with Crippen molar-refractivity contribution in [2.45, 2.75) is 58.7 Å². The third kappa shape index (κ3) is 8.93. The van der Waals surface area contributed by atoms with Crippen LogP contribution < -0.4 is 14.4 Å². The fraction of sp³-hybridized carbons (Fsp3) is 0.462. The third-order valence-electron chi connectivity index (χ3n) is 6.10. The number of nitrogens with one attached hydrogen (secondary N) is 1. The fourth-order valence-corrected chi connectivity index (χ4v) is 5.37. The van der Waals surface area contributed by atoms with Gasteiger partial charge < -0.3 is 15.0 Å². The number of hydrogen-bond acceptors (Lipinski definition) is 5. The number of methoxy groups -OCH3 is 1. The number of nitrogens with zero attached hydrogens (tertiary/aromatic N) is 2. The minimum Gasteiger partial charge on any atom is -0.495 e. The molecular formula is C26H34Cl3N3O5S. The molecule has 0 radical (unpaired) electrons. The monoisotopic (exact) mass is 605 g/mol. The lowest BCUT2D eigenvalue weighted by Gasteiger charge is -2.30. The van der Waals surface area contributed by atoms with E-state index in [9.17, 15) is 18.0 Å². The number of sulfonamides is 1. The second-order valence-corrected chi connectivity index (χ2v) is 12.2. The highest BCUT2D eigenvalue weighted by Gasteiger charge is 2.28. The first-order chi connectivity index (χ1) is 17.8. The zero-order valence-corrected chi connectivity index (χ0v) is 25.2. The molecule has 0 aliphatic rings. The summed E-state index contributed by atoms with van der Waals surface area (Å²) in [6.07, 6.45) is 2.04. The van der Waals surface area contributed by atoms with Gasteiger partial charge in [-0.15, -0.1) is 0 Å². The number of rotatable bonds is 13. The largest absolute Gasteiger partial charge is 0.495 e. The lowest BCUT2D eigenvalue weighted by Crippen LogP contribution is -2.49. The second kappa shape index (κ2) is 14.3. The summed E-state index contributed by atoms with van der Waals surface area (Å²) in [5.74, 6) is -0.187. The number of ether oxygens (including phenoxy) is 1. The van der Waals surface area contributed by atoms with E-state index in [2.05, 4.69) is 5.32 Å². The van der Waals surface area contributed by atoms with Crippen molar-refractivity contribution < 1.29 is 22.7 Å². The highest BCUT2D eigenvalue weighted by atomic mass is 35.5. The Kier molecular flexibility index (Phi) is 12.0. The number of carbonyl (C=O) groups excluding carboxylic acids is 2. The van der Waals surface area contributed by atoms with E-state index >= 15 is 0 Å². The molecule has 2 amide bonds. The summed E-state index contributed by atoms with van der Waals surface area (Å²) < 4.78 is 31.4. The molecule has 0 aliphatic heterocycles. The van der Waals surface area contributed by atoms with E-state index in [1.54, 1.807) is 37.3 Å². The number of halogens is 3. The molecule has 0 spiro atoms. The molecule has 0 saturated heterocycles. The fourth-order valence-electron chi connectivity index (χ4n) is 3.70. The zero-order chi connectivity index (χ0) is 28.6. The molecule has 1 N–H and O–H groups in total. The number of anilines is 1. The molecule has 2 rings (SSSR count). The molecule has 0 saturated carbocycles. The summed E-state index contributed by atoms with van der Waals surface area (Å²) in [4.78, 5) is 27.8. The molecule has 2 aromatic rings. The Hall–Kier alpha value is -2.20. The normalized spacial score (nSPS) is 12.9. The van der Waals surface area contributed by atoms with Crippen molar-refractivity contribution in [3.63, 3.8) is 0 Å². The van der Waals surface area contributed by atoms with Gasteiger partial charge in [0.25, 0.3) is 0 Å². The number of hydrogen-bond donors (Lipinski definition) is 1. The first kappa shape index (κ1) is 32.0. The SMILES string of the molecule is CCC(C)NC(=O)C(C)N(Cc1ccc(Cl)cc1Cl)C(=O)CCCN(c1ccc(OC)c(Cl)c1)S(C)(=O)=O. The van der Waals surface area contributed by atoms with Crippen molar-refractivity contribution in [2.24, 2.45) is 0 Å². The molecule has 38 heavy (non-hydrogen) atoms. The van der Waals surface area contributed by atoms with E-state index < -0.39 is 16.1 Å². The minimum atomic E-state index is -3.66. The van der Waals surface area contributed by atoms with Crippen molar-refractivity contribution in [2.75, 3.05) is 24.2 Å². The van der Waals surface area contributed by atoms with Crippen LogP contribution in [-0.2, 0) is 26.2 Å². The highest BCUT2D eigenvalue weighted by molar-refractivity contribution is 7.92.